The minimum absolute atomic E-state index is 0.00837. The second-order valence-electron chi connectivity index (χ2n) is 10.3. The number of nitrogens with one attached hydrogen (secondary N) is 1. The van der Waals surface area contributed by atoms with Gasteiger partial charge in [-0.05, 0) is 63.9 Å². The van der Waals surface area contributed by atoms with E-state index in [1.54, 1.807) is 25.3 Å². The third-order valence-corrected chi connectivity index (χ3v) is 6.56. The second-order valence-corrected chi connectivity index (χ2v) is 10.3. The van der Waals surface area contributed by atoms with Gasteiger partial charge < -0.3 is 15.0 Å². The summed E-state index contributed by atoms with van der Waals surface area (Å²) >= 11 is 0. The van der Waals surface area contributed by atoms with Crippen molar-refractivity contribution in [2.24, 2.45) is 0 Å². The van der Waals surface area contributed by atoms with E-state index in [0.717, 1.165) is 22.4 Å². The van der Waals surface area contributed by atoms with Crippen LogP contribution in [0.4, 0.5) is 20.2 Å². The summed E-state index contributed by atoms with van der Waals surface area (Å²) in [5, 5.41) is 6.70. The van der Waals surface area contributed by atoms with Gasteiger partial charge in [-0.3, -0.25) is 9.20 Å². The van der Waals surface area contributed by atoms with Gasteiger partial charge in [0.1, 0.15) is 5.69 Å². The zero-order valence-corrected chi connectivity index (χ0v) is 21.6. The van der Waals surface area contributed by atoms with Gasteiger partial charge >= 0.3 is 0 Å². The van der Waals surface area contributed by atoms with E-state index in [4.69, 9.17) is 4.74 Å². The molecule has 1 fully saturated rings. The maximum atomic E-state index is 15.0. The Morgan fingerprint density at radius 1 is 1.08 bits per heavy atom. The molecule has 1 saturated heterocycles. The Kier molecular flexibility index (Phi) is 6.23. The highest BCUT2D eigenvalue weighted by atomic mass is 19.1. The predicted octanol–water partition coefficient (Wildman–Crippen LogP) is 4.94. The number of anilines is 2. The molecule has 194 valence electrons. The van der Waals surface area contributed by atoms with Crippen LogP contribution in [-0.4, -0.2) is 51.4 Å². The number of aryl methyl sites for hydroxylation is 2. The number of rotatable bonds is 4. The average Bonchev–Trinajstić information content (AvgIpc) is 3.38. The Morgan fingerprint density at radius 2 is 1.81 bits per heavy atom. The molecule has 0 bridgehead atoms. The Morgan fingerprint density at radius 3 is 2.49 bits per heavy atom. The largest absolute Gasteiger partial charge is 0.378 e. The number of hydrogen-bond acceptors (Lipinski definition) is 5. The molecular weight excluding hydrogens is 478 g/mol. The van der Waals surface area contributed by atoms with E-state index >= 15 is 4.39 Å². The first-order chi connectivity index (χ1) is 17.5. The topological polar surface area (TPSA) is 76.7 Å². The van der Waals surface area contributed by atoms with Gasteiger partial charge in [-0.1, -0.05) is 6.07 Å². The molecule has 1 N–H and O–H groups in total. The van der Waals surface area contributed by atoms with E-state index in [1.807, 2.05) is 39.8 Å². The number of amides is 1. The number of fused-ring (bicyclic) bond motifs is 1. The lowest BCUT2D eigenvalue weighted by Crippen LogP contribution is -2.36. The second kappa shape index (κ2) is 9.26. The molecule has 0 aliphatic carbocycles. The van der Waals surface area contributed by atoms with Gasteiger partial charge in [-0.25, -0.2) is 9.67 Å². The fourth-order valence-electron chi connectivity index (χ4n) is 4.55. The molecule has 37 heavy (non-hydrogen) atoms. The maximum Gasteiger partial charge on any atom is 0.255 e. The number of halogens is 2. The number of imidazole rings is 1. The molecule has 0 saturated carbocycles. The molecule has 1 aliphatic rings. The van der Waals surface area contributed by atoms with E-state index in [1.165, 1.54) is 15.3 Å². The molecule has 0 atom stereocenters. The number of aromatic nitrogens is 4. The van der Waals surface area contributed by atoms with Crippen molar-refractivity contribution in [1.29, 1.82) is 0 Å². The molecule has 4 aromatic rings. The molecule has 10 heteroatoms. The first-order valence-electron chi connectivity index (χ1n) is 12.2. The summed E-state index contributed by atoms with van der Waals surface area (Å²) in [6.45, 7) is 11.5. The summed E-state index contributed by atoms with van der Waals surface area (Å²) < 4.78 is 38.1. The van der Waals surface area contributed by atoms with Crippen molar-refractivity contribution in [3.05, 3.63) is 65.4 Å². The highest BCUT2D eigenvalue weighted by Gasteiger charge is 2.24. The van der Waals surface area contributed by atoms with Crippen molar-refractivity contribution in [2.45, 2.75) is 40.2 Å². The fraction of sp³-hybridized carbons (Fsp3) is 0.370. The summed E-state index contributed by atoms with van der Waals surface area (Å²) in [6.07, 6.45) is 3.01. The Bertz CT molecular complexity index is 1500. The van der Waals surface area contributed by atoms with Crippen molar-refractivity contribution in [2.75, 3.05) is 36.5 Å². The molecule has 0 radical (unpaired) electrons. The van der Waals surface area contributed by atoms with Gasteiger partial charge in [-0.15, -0.1) is 0 Å². The molecule has 0 spiro atoms. The number of benzene rings is 1. The maximum absolute atomic E-state index is 15.0. The minimum atomic E-state index is -0.611. The van der Waals surface area contributed by atoms with Crippen molar-refractivity contribution >= 4 is 22.9 Å². The van der Waals surface area contributed by atoms with E-state index in [0.29, 0.717) is 43.2 Å². The lowest BCUT2D eigenvalue weighted by atomic mass is 9.98. The van der Waals surface area contributed by atoms with Crippen molar-refractivity contribution < 1.29 is 18.3 Å². The standard InChI is InChI=1S/C27H30F2N6O2/c1-16-6-7-18(26(36)32-21-14-30-35(24(21)29)27(3,4)5)12-20(16)19-13-22(33-8-10-37-11-9-33)25-31-17(2)23(28)34(25)15-19/h6-7,12-15H,8-11H2,1-5H3,(H,32,36). The Balaban J connectivity index is 1.54. The van der Waals surface area contributed by atoms with Gasteiger partial charge in [0, 0.05) is 30.4 Å². The molecule has 3 aromatic heterocycles. The van der Waals surface area contributed by atoms with E-state index in [9.17, 15) is 9.18 Å². The lowest BCUT2D eigenvalue weighted by molar-refractivity contribution is 0.102. The van der Waals surface area contributed by atoms with Crippen LogP contribution in [0, 0.1) is 25.7 Å². The smallest absolute Gasteiger partial charge is 0.255 e. The number of ether oxygens (including phenoxy) is 1. The lowest BCUT2D eigenvalue weighted by Gasteiger charge is -2.29. The number of carbonyl (C=O) groups excluding carboxylic acids is 1. The van der Waals surface area contributed by atoms with Gasteiger partial charge in [0.05, 0.1) is 36.3 Å². The van der Waals surface area contributed by atoms with Crippen LogP contribution in [-0.2, 0) is 10.3 Å². The number of carbonyl (C=O) groups is 1. The van der Waals surface area contributed by atoms with E-state index < -0.39 is 23.3 Å². The predicted molar refractivity (Wildman–Crippen MR) is 138 cm³/mol. The number of morpholine rings is 1. The monoisotopic (exact) mass is 508 g/mol. The fourth-order valence-corrected chi connectivity index (χ4v) is 4.55. The van der Waals surface area contributed by atoms with Crippen molar-refractivity contribution in [3.8, 4) is 11.1 Å². The summed E-state index contributed by atoms with van der Waals surface area (Å²) in [7, 11) is 0. The highest BCUT2D eigenvalue weighted by Crippen LogP contribution is 2.33. The van der Waals surface area contributed by atoms with Crippen LogP contribution < -0.4 is 10.2 Å². The zero-order valence-electron chi connectivity index (χ0n) is 21.6. The quantitative estimate of drug-likeness (QED) is 0.423. The first-order valence-corrected chi connectivity index (χ1v) is 12.2. The highest BCUT2D eigenvalue weighted by molar-refractivity contribution is 6.05. The van der Waals surface area contributed by atoms with Gasteiger partial charge in [0.15, 0.2) is 5.65 Å². The summed E-state index contributed by atoms with van der Waals surface area (Å²) in [5.41, 5.74) is 3.86. The molecule has 4 heterocycles. The van der Waals surface area contributed by atoms with Crippen molar-refractivity contribution in [3.63, 3.8) is 0 Å². The van der Waals surface area contributed by atoms with Crippen LogP contribution >= 0.6 is 0 Å². The van der Waals surface area contributed by atoms with Crippen LogP contribution in [0.3, 0.4) is 0 Å². The first kappa shape index (κ1) is 24.9. The number of hydrogen-bond donors (Lipinski definition) is 1. The van der Waals surface area contributed by atoms with Crippen LogP contribution in [0.25, 0.3) is 16.8 Å². The van der Waals surface area contributed by atoms with Crippen LogP contribution in [0.15, 0.2) is 36.7 Å². The number of nitrogens with zero attached hydrogens (tertiary/aromatic N) is 5. The van der Waals surface area contributed by atoms with Crippen LogP contribution in [0.5, 0.6) is 0 Å². The van der Waals surface area contributed by atoms with Crippen LogP contribution in [0.1, 0.15) is 42.4 Å². The molecule has 1 aliphatic heterocycles. The normalized spacial score (nSPS) is 14.4. The molecule has 1 amide bonds. The van der Waals surface area contributed by atoms with Crippen molar-refractivity contribution in [1.82, 2.24) is 19.2 Å². The zero-order chi connectivity index (χ0) is 26.5. The molecule has 0 unspecified atom stereocenters. The average molecular weight is 509 g/mol. The minimum Gasteiger partial charge on any atom is -0.378 e. The Labute approximate surface area is 213 Å². The molecule has 1 aromatic carbocycles. The summed E-state index contributed by atoms with van der Waals surface area (Å²) in [4.78, 5) is 19.7. The number of pyridine rings is 1. The van der Waals surface area contributed by atoms with Gasteiger partial charge in [0.25, 0.3) is 5.91 Å². The third-order valence-electron chi connectivity index (χ3n) is 6.56. The molecular formula is C27H30F2N6O2. The Hall–Kier alpha value is -3.79. The van der Waals surface area contributed by atoms with Gasteiger partial charge in [0.2, 0.25) is 11.9 Å². The van der Waals surface area contributed by atoms with E-state index in [-0.39, 0.29) is 5.69 Å². The third kappa shape index (κ3) is 4.57. The van der Waals surface area contributed by atoms with E-state index in [2.05, 4.69) is 20.3 Å². The molecule has 8 nitrogen and oxygen atoms in total. The van der Waals surface area contributed by atoms with Crippen LogP contribution in [0.2, 0.25) is 0 Å². The summed E-state index contributed by atoms with van der Waals surface area (Å²) in [6, 6.07) is 7.23. The SMILES string of the molecule is Cc1ccc(C(=O)Nc2cnn(C(C)(C)C)c2F)cc1-c1cc(N2CCOCC2)c2nc(C)c(F)n2c1. The van der Waals surface area contributed by atoms with Gasteiger partial charge in [-0.2, -0.15) is 13.9 Å². The summed E-state index contributed by atoms with van der Waals surface area (Å²) in [5.74, 6) is -1.50. The molecule has 5 rings (SSSR count).